The quantitative estimate of drug-likeness (QED) is 0.601. The average molecular weight is 444 g/mol. The van der Waals surface area contributed by atoms with Gasteiger partial charge in [0.2, 0.25) is 0 Å². The van der Waals surface area contributed by atoms with E-state index in [1.165, 1.54) is 22.4 Å². The largest absolute Gasteiger partial charge is 0.378 e. The molecule has 3 heteroatoms. The van der Waals surface area contributed by atoms with Gasteiger partial charge in [-0.25, -0.2) is 0 Å². The van der Waals surface area contributed by atoms with Gasteiger partial charge in [-0.2, -0.15) is 0 Å². The number of allylic oxidation sites excluding steroid dienone is 4. The third-order valence-corrected chi connectivity index (χ3v) is 9.37. The van der Waals surface area contributed by atoms with E-state index in [2.05, 4.69) is 62.0 Å². The van der Waals surface area contributed by atoms with Crippen LogP contribution in [-0.2, 0) is 4.79 Å². The first-order valence-electron chi connectivity index (χ1n) is 12.7. The summed E-state index contributed by atoms with van der Waals surface area (Å²) in [5.74, 6) is 7.87. The van der Waals surface area contributed by atoms with Gasteiger partial charge in [0.25, 0.3) is 0 Å². The van der Waals surface area contributed by atoms with E-state index < -0.39 is 5.60 Å². The molecule has 2 saturated carbocycles. The second kappa shape index (κ2) is 8.17. The smallest absolute Gasteiger partial charge is 0.156 e. The van der Waals surface area contributed by atoms with Crippen molar-refractivity contribution in [3.63, 3.8) is 0 Å². The molecule has 1 aromatic carbocycles. The summed E-state index contributed by atoms with van der Waals surface area (Å²) in [6.45, 7) is 4.12. The van der Waals surface area contributed by atoms with Gasteiger partial charge in [-0.3, -0.25) is 4.79 Å². The van der Waals surface area contributed by atoms with Crippen LogP contribution < -0.4 is 4.90 Å². The maximum Gasteiger partial charge on any atom is 0.156 e. The standard InChI is InChI=1S/C30H37NO2/c1-5-16-30(33)17-15-27-25-13-9-21-18-23(32)12-14-24(21)28(25)26(19-29(27,30)6-2)20-7-10-22(11-8-20)31(3)4/h7-8,10-11,18,25-27,33H,6,9,12-15,17,19H2,1-4H3/t25-,26+,27-,29-,30+/m0/s1. The molecule has 0 amide bonds. The molecule has 1 N–H and O–H groups in total. The number of aliphatic hydroxyl groups is 1. The van der Waals surface area contributed by atoms with Gasteiger partial charge in [-0.05, 0) is 98.6 Å². The summed E-state index contributed by atoms with van der Waals surface area (Å²) in [6, 6.07) is 9.02. The number of carbonyl (C=O) groups is 1. The lowest BCUT2D eigenvalue weighted by Gasteiger charge is -2.55. The van der Waals surface area contributed by atoms with Crippen LogP contribution in [0.15, 0.2) is 47.1 Å². The third kappa shape index (κ3) is 3.33. The fraction of sp³-hybridized carbons (Fsp3) is 0.567. The number of rotatable bonds is 3. The average Bonchev–Trinajstić information content (AvgIpc) is 3.10. The van der Waals surface area contributed by atoms with E-state index in [1.54, 1.807) is 5.57 Å². The van der Waals surface area contributed by atoms with Crippen LogP contribution in [0, 0.1) is 29.1 Å². The Morgan fingerprint density at radius 1 is 1.12 bits per heavy atom. The molecular weight excluding hydrogens is 406 g/mol. The van der Waals surface area contributed by atoms with Crippen molar-refractivity contribution in [2.45, 2.75) is 76.7 Å². The molecule has 0 aliphatic heterocycles. The minimum Gasteiger partial charge on any atom is -0.378 e. The van der Waals surface area contributed by atoms with Crippen molar-refractivity contribution in [2.75, 3.05) is 19.0 Å². The summed E-state index contributed by atoms with van der Waals surface area (Å²) in [7, 11) is 4.15. The van der Waals surface area contributed by atoms with E-state index in [4.69, 9.17) is 0 Å². The molecule has 5 rings (SSSR count). The zero-order chi connectivity index (χ0) is 23.4. The number of hydrogen-bond acceptors (Lipinski definition) is 3. The maximum absolute atomic E-state index is 12.2. The SMILES string of the molecule is CC#C[C@@]1(O)CC[C@H]2[C@@H]3CCC4=CC(=O)CCC4=C3[C@@H](c3ccc(N(C)C)cc3)C[C@@]21CC. The van der Waals surface area contributed by atoms with E-state index in [0.717, 1.165) is 44.9 Å². The van der Waals surface area contributed by atoms with Crippen molar-refractivity contribution in [2.24, 2.45) is 17.3 Å². The zero-order valence-electron chi connectivity index (χ0n) is 20.6. The second-order valence-corrected chi connectivity index (χ2v) is 10.8. The highest BCUT2D eigenvalue weighted by Crippen LogP contribution is 2.68. The van der Waals surface area contributed by atoms with Crippen LogP contribution in [0.2, 0.25) is 0 Å². The minimum atomic E-state index is -0.905. The summed E-state index contributed by atoms with van der Waals surface area (Å²) < 4.78 is 0. The predicted octanol–water partition coefficient (Wildman–Crippen LogP) is 5.80. The van der Waals surface area contributed by atoms with Gasteiger partial charge in [-0.1, -0.05) is 30.6 Å². The number of fused-ring (bicyclic) bond motifs is 4. The first-order chi connectivity index (χ1) is 15.8. The van der Waals surface area contributed by atoms with Gasteiger partial charge in [0, 0.05) is 37.5 Å². The van der Waals surface area contributed by atoms with Crippen LogP contribution in [-0.4, -0.2) is 30.6 Å². The van der Waals surface area contributed by atoms with Crippen molar-refractivity contribution in [1.82, 2.24) is 0 Å². The molecule has 3 nitrogen and oxygen atoms in total. The van der Waals surface area contributed by atoms with Gasteiger partial charge in [0.15, 0.2) is 5.78 Å². The highest BCUT2D eigenvalue weighted by atomic mass is 16.3. The monoisotopic (exact) mass is 443 g/mol. The zero-order valence-corrected chi connectivity index (χ0v) is 20.6. The summed E-state index contributed by atoms with van der Waals surface area (Å²) >= 11 is 0. The van der Waals surface area contributed by atoms with Crippen molar-refractivity contribution >= 4 is 11.5 Å². The van der Waals surface area contributed by atoms with Crippen LogP contribution >= 0.6 is 0 Å². The molecule has 0 bridgehead atoms. The number of carbonyl (C=O) groups excluding carboxylic acids is 1. The lowest BCUT2D eigenvalue weighted by atomic mass is 9.50. The molecule has 5 atom stereocenters. The first-order valence-corrected chi connectivity index (χ1v) is 12.7. The van der Waals surface area contributed by atoms with Crippen LogP contribution in [0.3, 0.4) is 0 Å². The number of nitrogens with zero attached hydrogens (tertiary/aromatic N) is 1. The lowest BCUT2D eigenvalue weighted by Crippen LogP contribution is -2.52. The fourth-order valence-corrected chi connectivity index (χ4v) is 7.86. The number of hydrogen-bond donors (Lipinski definition) is 1. The Kier molecular flexibility index (Phi) is 5.57. The molecule has 0 heterocycles. The van der Waals surface area contributed by atoms with E-state index in [0.29, 0.717) is 18.3 Å². The Morgan fingerprint density at radius 3 is 2.55 bits per heavy atom. The Hall–Kier alpha value is -2.31. The van der Waals surface area contributed by atoms with E-state index in [9.17, 15) is 9.90 Å². The van der Waals surface area contributed by atoms with Crippen LogP contribution in [0.1, 0.15) is 76.7 Å². The van der Waals surface area contributed by atoms with Crippen molar-refractivity contribution in [3.05, 3.63) is 52.6 Å². The normalized spacial score (nSPS) is 35.1. The first kappa shape index (κ1) is 22.5. The molecule has 33 heavy (non-hydrogen) atoms. The minimum absolute atomic E-state index is 0.179. The number of anilines is 1. The maximum atomic E-state index is 12.2. The Morgan fingerprint density at radius 2 is 1.88 bits per heavy atom. The molecule has 4 aliphatic rings. The van der Waals surface area contributed by atoms with E-state index in [-0.39, 0.29) is 17.1 Å². The molecule has 2 fully saturated rings. The summed E-state index contributed by atoms with van der Waals surface area (Å²) in [6.07, 6.45) is 9.26. The molecule has 4 aliphatic carbocycles. The van der Waals surface area contributed by atoms with E-state index >= 15 is 0 Å². The van der Waals surface area contributed by atoms with Gasteiger partial charge in [-0.15, -0.1) is 5.92 Å². The summed E-state index contributed by atoms with van der Waals surface area (Å²) in [5.41, 5.74) is 5.80. The van der Waals surface area contributed by atoms with Crippen molar-refractivity contribution < 1.29 is 9.90 Å². The number of benzene rings is 1. The van der Waals surface area contributed by atoms with E-state index in [1.807, 2.05) is 13.0 Å². The molecule has 0 unspecified atom stereocenters. The third-order valence-electron chi connectivity index (χ3n) is 9.37. The van der Waals surface area contributed by atoms with Gasteiger partial charge >= 0.3 is 0 Å². The topological polar surface area (TPSA) is 40.5 Å². The molecule has 0 radical (unpaired) electrons. The Labute approximate surface area is 199 Å². The lowest BCUT2D eigenvalue weighted by molar-refractivity contribution is -0.114. The summed E-state index contributed by atoms with van der Waals surface area (Å²) in [4.78, 5) is 14.4. The van der Waals surface area contributed by atoms with Gasteiger partial charge < -0.3 is 10.0 Å². The Balaban J connectivity index is 1.69. The van der Waals surface area contributed by atoms with Crippen LogP contribution in [0.25, 0.3) is 0 Å². The highest BCUT2D eigenvalue weighted by molar-refractivity contribution is 5.93. The number of ketones is 1. The highest BCUT2D eigenvalue weighted by Gasteiger charge is 2.64. The van der Waals surface area contributed by atoms with Gasteiger partial charge in [0.1, 0.15) is 5.60 Å². The molecule has 0 aromatic heterocycles. The van der Waals surface area contributed by atoms with Crippen molar-refractivity contribution in [1.29, 1.82) is 0 Å². The predicted molar refractivity (Wildman–Crippen MR) is 134 cm³/mol. The second-order valence-electron chi connectivity index (χ2n) is 10.8. The van der Waals surface area contributed by atoms with Crippen molar-refractivity contribution in [3.8, 4) is 11.8 Å². The summed E-state index contributed by atoms with van der Waals surface area (Å²) in [5, 5.41) is 11.9. The molecular formula is C30H37NO2. The molecule has 0 saturated heterocycles. The molecule has 174 valence electrons. The van der Waals surface area contributed by atoms with Crippen LogP contribution in [0.5, 0.6) is 0 Å². The molecule has 1 aromatic rings. The van der Waals surface area contributed by atoms with Crippen LogP contribution in [0.4, 0.5) is 5.69 Å². The fourth-order valence-electron chi connectivity index (χ4n) is 7.86. The Bertz CT molecular complexity index is 1080. The van der Waals surface area contributed by atoms with Gasteiger partial charge in [0.05, 0.1) is 0 Å². The molecule has 0 spiro atoms.